The maximum absolute atomic E-state index is 5.63. The van der Waals surface area contributed by atoms with Crippen molar-refractivity contribution in [2.24, 2.45) is 5.73 Å². The molecule has 1 aliphatic rings. The minimum absolute atomic E-state index is 0.237. The Bertz CT molecular complexity index is 547. The Morgan fingerprint density at radius 1 is 1.37 bits per heavy atom. The second-order valence-corrected chi connectivity index (χ2v) is 4.76. The number of nitrogens with two attached hydrogens (primary N) is 1. The van der Waals surface area contributed by atoms with Crippen LogP contribution in [0.5, 0.6) is 0 Å². The smallest absolute Gasteiger partial charge is 0.257 e. The van der Waals surface area contributed by atoms with Crippen LogP contribution in [0.3, 0.4) is 0 Å². The molecule has 1 fully saturated rings. The van der Waals surface area contributed by atoms with Crippen molar-refractivity contribution >= 4 is 0 Å². The Morgan fingerprint density at radius 3 is 3.11 bits per heavy atom. The summed E-state index contributed by atoms with van der Waals surface area (Å²) < 4.78 is 10.9. The normalized spacial score (nSPS) is 18.9. The standard InChI is InChI=1S/C14H17N3O2/c15-9-10-3-1-4-11(7-10)14-16-13(17-19-14)8-12-5-2-6-18-12/h1,3-4,7,12H,2,5-6,8-9,15H2. The Kier molecular flexibility index (Phi) is 3.57. The van der Waals surface area contributed by atoms with Gasteiger partial charge in [-0.25, -0.2) is 0 Å². The lowest BCUT2D eigenvalue weighted by atomic mass is 10.1. The maximum Gasteiger partial charge on any atom is 0.257 e. The van der Waals surface area contributed by atoms with Gasteiger partial charge in [-0.15, -0.1) is 0 Å². The van der Waals surface area contributed by atoms with Gasteiger partial charge >= 0.3 is 0 Å². The fourth-order valence-electron chi connectivity index (χ4n) is 2.29. The molecule has 1 aromatic carbocycles. The molecule has 0 radical (unpaired) electrons. The highest BCUT2D eigenvalue weighted by Crippen LogP contribution is 2.20. The van der Waals surface area contributed by atoms with Gasteiger partial charge < -0.3 is 15.0 Å². The fourth-order valence-corrected chi connectivity index (χ4v) is 2.29. The summed E-state index contributed by atoms with van der Waals surface area (Å²) in [6, 6.07) is 7.85. The van der Waals surface area contributed by atoms with Crippen molar-refractivity contribution in [3.63, 3.8) is 0 Å². The van der Waals surface area contributed by atoms with Crippen LogP contribution in [0.4, 0.5) is 0 Å². The first-order valence-corrected chi connectivity index (χ1v) is 6.59. The molecule has 1 aliphatic heterocycles. The Labute approximate surface area is 111 Å². The summed E-state index contributed by atoms with van der Waals surface area (Å²) in [6.07, 6.45) is 3.15. The van der Waals surface area contributed by atoms with Crippen LogP contribution >= 0.6 is 0 Å². The predicted octanol–water partition coefficient (Wildman–Crippen LogP) is 1.92. The summed E-state index contributed by atoms with van der Waals surface area (Å²) in [6.45, 7) is 1.35. The van der Waals surface area contributed by atoms with E-state index in [-0.39, 0.29) is 6.10 Å². The van der Waals surface area contributed by atoms with Gasteiger partial charge in [-0.3, -0.25) is 0 Å². The number of hydrogen-bond donors (Lipinski definition) is 1. The second kappa shape index (κ2) is 5.50. The van der Waals surface area contributed by atoms with Crippen molar-refractivity contribution in [1.29, 1.82) is 0 Å². The van der Waals surface area contributed by atoms with Crippen LogP contribution in [0.25, 0.3) is 11.5 Å². The van der Waals surface area contributed by atoms with Gasteiger partial charge in [-0.05, 0) is 30.5 Å². The first kappa shape index (κ1) is 12.3. The molecule has 0 aliphatic carbocycles. The van der Waals surface area contributed by atoms with Crippen molar-refractivity contribution in [3.05, 3.63) is 35.7 Å². The van der Waals surface area contributed by atoms with E-state index in [0.29, 0.717) is 18.3 Å². The van der Waals surface area contributed by atoms with Crippen LogP contribution in [0.15, 0.2) is 28.8 Å². The van der Waals surface area contributed by atoms with Crippen LogP contribution in [0, 0.1) is 0 Å². The van der Waals surface area contributed by atoms with E-state index < -0.39 is 0 Å². The zero-order valence-electron chi connectivity index (χ0n) is 10.7. The van der Waals surface area contributed by atoms with Gasteiger partial charge in [0.15, 0.2) is 5.82 Å². The van der Waals surface area contributed by atoms with E-state index in [9.17, 15) is 0 Å². The van der Waals surface area contributed by atoms with E-state index in [4.69, 9.17) is 15.0 Å². The molecule has 0 saturated carbocycles. The Morgan fingerprint density at radius 2 is 2.32 bits per heavy atom. The molecule has 5 nitrogen and oxygen atoms in total. The molecule has 19 heavy (non-hydrogen) atoms. The fraction of sp³-hybridized carbons (Fsp3) is 0.429. The summed E-state index contributed by atoms with van der Waals surface area (Å²) in [5.41, 5.74) is 7.59. The number of hydrogen-bond acceptors (Lipinski definition) is 5. The van der Waals surface area contributed by atoms with Gasteiger partial charge in [0.05, 0.1) is 6.10 Å². The third-order valence-electron chi connectivity index (χ3n) is 3.31. The molecule has 1 unspecified atom stereocenters. The monoisotopic (exact) mass is 259 g/mol. The maximum atomic E-state index is 5.63. The van der Waals surface area contributed by atoms with Crippen LogP contribution in [-0.4, -0.2) is 22.9 Å². The van der Waals surface area contributed by atoms with E-state index in [2.05, 4.69) is 10.1 Å². The SMILES string of the molecule is NCc1cccc(-c2nc(CC3CCCO3)no2)c1. The molecule has 2 heterocycles. The Hall–Kier alpha value is -1.72. The molecule has 2 aromatic rings. The molecule has 0 bridgehead atoms. The molecule has 0 spiro atoms. The molecule has 5 heteroatoms. The largest absolute Gasteiger partial charge is 0.378 e. The molecule has 2 N–H and O–H groups in total. The van der Waals surface area contributed by atoms with Crippen molar-refractivity contribution < 1.29 is 9.26 Å². The summed E-state index contributed by atoms with van der Waals surface area (Å²) in [5, 5.41) is 4.01. The van der Waals surface area contributed by atoms with Crippen LogP contribution in [0.1, 0.15) is 24.2 Å². The average Bonchev–Trinajstić information content (AvgIpc) is 3.11. The molecule has 100 valence electrons. The van der Waals surface area contributed by atoms with Gasteiger partial charge in [-0.2, -0.15) is 4.98 Å². The minimum atomic E-state index is 0.237. The van der Waals surface area contributed by atoms with E-state index in [1.165, 1.54) is 0 Å². The van der Waals surface area contributed by atoms with Gasteiger partial charge in [-0.1, -0.05) is 17.3 Å². The third kappa shape index (κ3) is 2.83. The summed E-state index contributed by atoms with van der Waals surface area (Å²) in [7, 11) is 0. The first-order chi connectivity index (χ1) is 9.35. The Balaban J connectivity index is 1.76. The molecular weight excluding hydrogens is 242 g/mol. The quantitative estimate of drug-likeness (QED) is 0.908. The number of nitrogens with zero attached hydrogens (tertiary/aromatic N) is 2. The summed E-state index contributed by atoms with van der Waals surface area (Å²) >= 11 is 0. The second-order valence-electron chi connectivity index (χ2n) is 4.76. The van der Waals surface area contributed by atoms with E-state index >= 15 is 0 Å². The first-order valence-electron chi connectivity index (χ1n) is 6.59. The number of rotatable bonds is 4. The van der Waals surface area contributed by atoms with Gasteiger partial charge in [0.25, 0.3) is 5.89 Å². The van der Waals surface area contributed by atoms with Gasteiger partial charge in [0, 0.05) is 25.1 Å². The van der Waals surface area contributed by atoms with Crippen molar-refractivity contribution in [1.82, 2.24) is 10.1 Å². The zero-order chi connectivity index (χ0) is 13.1. The third-order valence-corrected chi connectivity index (χ3v) is 3.31. The highest BCUT2D eigenvalue weighted by Gasteiger charge is 2.19. The average molecular weight is 259 g/mol. The number of benzene rings is 1. The van der Waals surface area contributed by atoms with Crippen LogP contribution in [-0.2, 0) is 17.7 Å². The van der Waals surface area contributed by atoms with E-state index in [1.54, 1.807) is 0 Å². The van der Waals surface area contributed by atoms with Gasteiger partial charge in [0.1, 0.15) is 0 Å². The lowest BCUT2D eigenvalue weighted by Gasteiger charge is -2.03. The highest BCUT2D eigenvalue weighted by molar-refractivity contribution is 5.53. The van der Waals surface area contributed by atoms with E-state index in [1.807, 2.05) is 24.3 Å². The van der Waals surface area contributed by atoms with Crippen LogP contribution < -0.4 is 5.73 Å². The lowest BCUT2D eigenvalue weighted by Crippen LogP contribution is -2.09. The highest BCUT2D eigenvalue weighted by atomic mass is 16.5. The molecular formula is C14H17N3O2. The minimum Gasteiger partial charge on any atom is -0.378 e. The molecule has 1 atom stereocenters. The molecule has 3 rings (SSSR count). The van der Waals surface area contributed by atoms with Gasteiger partial charge in [0.2, 0.25) is 0 Å². The van der Waals surface area contributed by atoms with Crippen molar-refractivity contribution in [3.8, 4) is 11.5 Å². The summed E-state index contributed by atoms with van der Waals surface area (Å²) in [5.74, 6) is 1.25. The molecule has 1 aromatic heterocycles. The van der Waals surface area contributed by atoms with Crippen LogP contribution in [0.2, 0.25) is 0 Å². The van der Waals surface area contributed by atoms with Crippen molar-refractivity contribution in [2.75, 3.05) is 6.61 Å². The summed E-state index contributed by atoms with van der Waals surface area (Å²) in [4.78, 5) is 4.42. The molecule has 1 saturated heterocycles. The van der Waals surface area contributed by atoms with Crippen molar-refractivity contribution in [2.45, 2.75) is 31.9 Å². The predicted molar refractivity (Wildman–Crippen MR) is 70.3 cm³/mol. The lowest BCUT2D eigenvalue weighted by molar-refractivity contribution is 0.109. The zero-order valence-corrected chi connectivity index (χ0v) is 10.7. The number of aromatic nitrogens is 2. The number of ether oxygens (including phenoxy) is 1. The topological polar surface area (TPSA) is 74.2 Å². The molecule has 0 amide bonds. The van der Waals surface area contributed by atoms with E-state index in [0.717, 1.165) is 37.0 Å².